The van der Waals surface area contributed by atoms with E-state index >= 15 is 0 Å². The zero-order chi connectivity index (χ0) is 21.0. The predicted molar refractivity (Wildman–Crippen MR) is 104 cm³/mol. The number of hydrogen-bond acceptors (Lipinski definition) is 7. The van der Waals surface area contributed by atoms with Crippen molar-refractivity contribution >= 4 is 17.7 Å². The first kappa shape index (κ1) is 20.9. The second-order valence-electron chi connectivity index (χ2n) is 7.07. The highest BCUT2D eigenvalue weighted by Crippen LogP contribution is 2.53. The molecule has 1 heterocycles. The molecule has 0 N–H and O–H groups in total. The molecule has 7 nitrogen and oxygen atoms in total. The lowest BCUT2D eigenvalue weighted by molar-refractivity contribution is -0.166. The molecule has 0 aromatic heterocycles. The van der Waals surface area contributed by atoms with Gasteiger partial charge in [0.05, 0.1) is 26.9 Å². The molecule has 1 aromatic carbocycles. The van der Waals surface area contributed by atoms with Crippen LogP contribution < -0.4 is 9.47 Å². The maximum atomic E-state index is 12.8. The molecule has 0 unspecified atom stereocenters. The number of methoxy groups -OCH3 is 1. The summed E-state index contributed by atoms with van der Waals surface area (Å²) in [5.41, 5.74) is 0.0377. The van der Waals surface area contributed by atoms with Gasteiger partial charge in [0.15, 0.2) is 23.2 Å². The smallest absolute Gasteiger partial charge is 0.320 e. The Hall–Kier alpha value is -2.83. The van der Waals surface area contributed by atoms with E-state index in [1.165, 1.54) is 6.08 Å². The molecular weight excluding hydrogens is 376 g/mol. The summed E-state index contributed by atoms with van der Waals surface area (Å²) in [6.07, 6.45) is 3.88. The highest BCUT2D eigenvalue weighted by molar-refractivity contribution is 5.98. The molecular formula is C22H26O7. The second-order valence-corrected chi connectivity index (χ2v) is 7.07. The van der Waals surface area contributed by atoms with E-state index in [9.17, 15) is 14.4 Å². The molecule has 1 aliphatic carbocycles. The molecule has 3 rings (SSSR count). The molecule has 1 aromatic rings. The fourth-order valence-electron chi connectivity index (χ4n) is 4.34. The number of ether oxygens (including phenoxy) is 4. The maximum absolute atomic E-state index is 12.8. The summed E-state index contributed by atoms with van der Waals surface area (Å²) in [4.78, 5) is 38.0. The Labute approximate surface area is 170 Å². The van der Waals surface area contributed by atoms with Crippen molar-refractivity contribution in [1.29, 1.82) is 0 Å². The first-order valence-corrected chi connectivity index (χ1v) is 9.84. The van der Waals surface area contributed by atoms with Gasteiger partial charge in [-0.2, -0.15) is 0 Å². The number of benzene rings is 1. The first-order chi connectivity index (χ1) is 14.0. The van der Waals surface area contributed by atoms with Gasteiger partial charge < -0.3 is 18.9 Å². The van der Waals surface area contributed by atoms with Gasteiger partial charge in [-0.1, -0.05) is 18.2 Å². The molecule has 0 saturated carbocycles. The van der Waals surface area contributed by atoms with E-state index < -0.39 is 29.2 Å². The van der Waals surface area contributed by atoms with Crippen LogP contribution in [0.3, 0.4) is 0 Å². The summed E-state index contributed by atoms with van der Waals surface area (Å²) in [6.45, 7) is 3.98. The third kappa shape index (κ3) is 3.73. The van der Waals surface area contributed by atoms with Gasteiger partial charge in [-0.05, 0) is 32.4 Å². The van der Waals surface area contributed by atoms with Crippen LogP contribution in [0.25, 0.3) is 0 Å². The van der Waals surface area contributed by atoms with E-state index in [4.69, 9.17) is 18.9 Å². The normalized spacial score (nSPS) is 22.8. The van der Waals surface area contributed by atoms with E-state index in [0.717, 1.165) is 5.56 Å². The summed E-state index contributed by atoms with van der Waals surface area (Å²) in [7, 11) is 1.55. The van der Waals surface area contributed by atoms with Gasteiger partial charge in [0.1, 0.15) is 0 Å². The highest BCUT2D eigenvalue weighted by atomic mass is 16.6. The van der Waals surface area contributed by atoms with Crippen LogP contribution in [0.5, 0.6) is 11.5 Å². The largest absolute Gasteiger partial charge is 0.493 e. The summed E-state index contributed by atoms with van der Waals surface area (Å²) in [5.74, 6) is -2.21. The monoisotopic (exact) mass is 402 g/mol. The topological polar surface area (TPSA) is 88.1 Å². The van der Waals surface area contributed by atoms with Gasteiger partial charge in [-0.15, -0.1) is 0 Å². The number of para-hydroxylation sites is 1. The van der Waals surface area contributed by atoms with Crippen molar-refractivity contribution in [1.82, 2.24) is 0 Å². The highest BCUT2D eigenvalue weighted by Gasteiger charge is 2.53. The van der Waals surface area contributed by atoms with Crippen molar-refractivity contribution in [3.63, 3.8) is 0 Å². The molecule has 0 radical (unpaired) electrons. The van der Waals surface area contributed by atoms with Crippen LogP contribution >= 0.6 is 0 Å². The molecule has 2 aliphatic rings. The minimum atomic E-state index is -1.21. The number of carbonyl (C=O) groups excluding carboxylic acids is 3. The van der Waals surface area contributed by atoms with E-state index in [2.05, 4.69) is 0 Å². The van der Waals surface area contributed by atoms with Gasteiger partial charge in [0.2, 0.25) is 0 Å². The van der Waals surface area contributed by atoms with Crippen LogP contribution in [0.1, 0.15) is 32.3 Å². The SMILES string of the molecule is CCOC(=O)C(C(=O)OCC)[C@H]1CC(=O)C=C[C@@]12CCOc1c(OC)cccc12. The zero-order valence-electron chi connectivity index (χ0n) is 16.9. The molecule has 0 amide bonds. The lowest BCUT2D eigenvalue weighted by atomic mass is 9.59. The summed E-state index contributed by atoms with van der Waals surface area (Å²) < 4.78 is 21.7. The van der Waals surface area contributed by atoms with E-state index in [-0.39, 0.29) is 25.4 Å². The number of fused-ring (bicyclic) bond motifs is 2. The Bertz CT molecular complexity index is 810. The van der Waals surface area contributed by atoms with Gasteiger partial charge in [-0.3, -0.25) is 14.4 Å². The van der Waals surface area contributed by atoms with Crippen molar-refractivity contribution < 1.29 is 33.3 Å². The number of rotatable bonds is 6. The average Bonchev–Trinajstić information content (AvgIpc) is 2.71. The Balaban J connectivity index is 2.17. The summed E-state index contributed by atoms with van der Waals surface area (Å²) in [5, 5.41) is 0. The fraction of sp³-hybridized carbons (Fsp3) is 0.500. The quantitative estimate of drug-likeness (QED) is 0.534. The van der Waals surface area contributed by atoms with Crippen LogP contribution in [0.2, 0.25) is 0 Å². The molecule has 29 heavy (non-hydrogen) atoms. The predicted octanol–water partition coefficient (Wildman–Crippen LogP) is 2.60. The van der Waals surface area contributed by atoms with Gasteiger partial charge >= 0.3 is 11.9 Å². The minimum absolute atomic E-state index is 0.0371. The molecule has 7 heteroatoms. The number of allylic oxidation sites excluding steroid dienone is 2. The number of hydrogen-bond donors (Lipinski definition) is 0. The van der Waals surface area contributed by atoms with Gasteiger partial charge in [-0.25, -0.2) is 0 Å². The van der Waals surface area contributed by atoms with Gasteiger partial charge in [0, 0.05) is 23.3 Å². The van der Waals surface area contributed by atoms with E-state index in [1.807, 2.05) is 12.1 Å². The molecule has 0 bridgehead atoms. The molecule has 1 aliphatic heterocycles. The molecule has 156 valence electrons. The van der Waals surface area contributed by atoms with Crippen LogP contribution in [0, 0.1) is 11.8 Å². The Morgan fingerprint density at radius 3 is 2.52 bits per heavy atom. The van der Waals surface area contributed by atoms with Crippen molar-refractivity contribution in [2.45, 2.75) is 32.1 Å². The van der Waals surface area contributed by atoms with Gasteiger partial charge in [0.25, 0.3) is 0 Å². The second kappa shape index (κ2) is 8.68. The average molecular weight is 402 g/mol. The zero-order valence-corrected chi connectivity index (χ0v) is 16.9. The Morgan fingerprint density at radius 2 is 1.90 bits per heavy atom. The van der Waals surface area contributed by atoms with Crippen LogP contribution in [0.15, 0.2) is 30.4 Å². The van der Waals surface area contributed by atoms with E-state index in [0.29, 0.717) is 24.5 Å². The van der Waals surface area contributed by atoms with Crippen LogP contribution in [-0.2, 0) is 29.3 Å². The van der Waals surface area contributed by atoms with Crippen molar-refractivity contribution in [3.05, 3.63) is 35.9 Å². The molecule has 2 atom stereocenters. The van der Waals surface area contributed by atoms with Crippen LogP contribution in [-0.4, -0.2) is 44.7 Å². The van der Waals surface area contributed by atoms with Crippen molar-refractivity contribution in [2.24, 2.45) is 11.8 Å². The Kier molecular flexibility index (Phi) is 6.25. The number of carbonyl (C=O) groups is 3. The van der Waals surface area contributed by atoms with Crippen LogP contribution in [0.4, 0.5) is 0 Å². The van der Waals surface area contributed by atoms with Crippen molar-refractivity contribution in [3.8, 4) is 11.5 Å². The lowest BCUT2D eigenvalue weighted by Gasteiger charge is -2.46. The van der Waals surface area contributed by atoms with Crippen molar-refractivity contribution in [2.75, 3.05) is 26.9 Å². The number of ketones is 1. The fourth-order valence-corrected chi connectivity index (χ4v) is 4.34. The number of esters is 2. The van der Waals surface area contributed by atoms with E-state index in [1.54, 1.807) is 33.1 Å². The molecule has 1 spiro atoms. The lowest BCUT2D eigenvalue weighted by Crippen LogP contribution is -2.49. The first-order valence-electron chi connectivity index (χ1n) is 9.84. The third-order valence-electron chi connectivity index (χ3n) is 5.60. The Morgan fingerprint density at radius 1 is 1.21 bits per heavy atom. The molecule has 0 saturated heterocycles. The maximum Gasteiger partial charge on any atom is 0.320 e. The summed E-state index contributed by atoms with van der Waals surface area (Å²) >= 11 is 0. The summed E-state index contributed by atoms with van der Waals surface area (Å²) in [6, 6.07) is 5.51. The molecule has 0 fully saturated rings. The minimum Gasteiger partial charge on any atom is -0.493 e. The standard InChI is InChI=1S/C22H26O7/c1-4-27-20(24)18(21(25)28-5-2)16-13-14(23)9-10-22(16)11-12-29-19-15(22)7-6-8-17(19)26-3/h6-10,16,18H,4-5,11-13H2,1-3H3/t16-,22+/m1/s1. The third-order valence-corrected chi connectivity index (χ3v) is 5.60.